The molecule has 7 nitrogen and oxygen atoms in total. The van der Waals surface area contributed by atoms with Crippen LogP contribution in [0.4, 0.5) is 0 Å². The average Bonchev–Trinajstić information content (AvgIpc) is 3.17. The standard InChI is InChI=1S/C24H23N3O4/c1-5-31-23(29)17-11-6-7-12-18(17)27-14-19-20(22(28)26(4)24(30)25(19)3)21(27)16-10-8-9-15(2)13-16/h6-14H,5H2,1-4H3. The Morgan fingerprint density at radius 3 is 2.45 bits per heavy atom. The van der Waals surface area contributed by atoms with Gasteiger partial charge >= 0.3 is 11.7 Å². The molecule has 2 aromatic heterocycles. The van der Waals surface area contributed by atoms with Gasteiger partial charge in [-0.15, -0.1) is 0 Å². The molecular formula is C24H23N3O4. The second-order valence-corrected chi connectivity index (χ2v) is 7.42. The first-order chi connectivity index (χ1) is 14.8. The van der Waals surface area contributed by atoms with E-state index in [1.165, 1.54) is 11.6 Å². The van der Waals surface area contributed by atoms with Crippen LogP contribution in [-0.2, 0) is 18.8 Å². The Morgan fingerprint density at radius 1 is 1.00 bits per heavy atom. The number of esters is 1. The van der Waals surface area contributed by atoms with Crippen LogP contribution < -0.4 is 11.2 Å². The topological polar surface area (TPSA) is 75.2 Å². The van der Waals surface area contributed by atoms with Gasteiger partial charge in [0.2, 0.25) is 0 Å². The monoisotopic (exact) mass is 417 g/mol. The van der Waals surface area contributed by atoms with Crippen molar-refractivity contribution in [3.63, 3.8) is 0 Å². The molecular weight excluding hydrogens is 394 g/mol. The number of fused-ring (bicyclic) bond motifs is 1. The lowest BCUT2D eigenvalue weighted by molar-refractivity contribution is 0.0526. The SMILES string of the molecule is CCOC(=O)c1ccccc1-n1cc2c(c1-c1cccc(C)c1)c(=O)n(C)c(=O)n2C. The molecule has 0 aliphatic rings. The number of hydrogen-bond donors (Lipinski definition) is 0. The second-order valence-electron chi connectivity index (χ2n) is 7.42. The van der Waals surface area contributed by atoms with Gasteiger partial charge in [0.15, 0.2) is 0 Å². The first-order valence-corrected chi connectivity index (χ1v) is 9.99. The summed E-state index contributed by atoms with van der Waals surface area (Å²) >= 11 is 0. The first kappa shape index (κ1) is 20.4. The molecule has 0 saturated heterocycles. The number of ether oxygens (including phenoxy) is 1. The third-order valence-electron chi connectivity index (χ3n) is 5.39. The fourth-order valence-electron chi connectivity index (χ4n) is 3.87. The van der Waals surface area contributed by atoms with Crippen LogP contribution in [0.3, 0.4) is 0 Å². The lowest BCUT2D eigenvalue weighted by Crippen LogP contribution is -2.36. The molecule has 0 spiro atoms. The molecule has 0 radical (unpaired) electrons. The molecule has 2 heterocycles. The lowest BCUT2D eigenvalue weighted by Gasteiger charge is -2.14. The highest BCUT2D eigenvalue weighted by molar-refractivity contribution is 5.98. The summed E-state index contributed by atoms with van der Waals surface area (Å²) < 4.78 is 9.58. The molecule has 4 rings (SSSR count). The van der Waals surface area contributed by atoms with Gasteiger partial charge in [0.1, 0.15) is 0 Å². The van der Waals surface area contributed by atoms with Crippen molar-refractivity contribution in [1.82, 2.24) is 13.7 Å². The van der Waals surface area contributed by atoms with Crippen molar-refractivity contribution in [2.45, 2.75) is 13.8 Å². The maximum absolute atomic E-state index is 13.2. The van der Waals surface area contributed by atoms with Crippen molar-refractivity contribution >= 4 is 16.9 Å². The van der Waals surface area contributed by atoms with Crippen molar-refractivity contribution in [2.75, 3.05) is 6.61 Å². The van der Waals surface area contributed by atoms with Gasteiger partial charge in [-0.25, -0.2) is 9.59 Å². The fourth-order valence-corrected chi connectivity index (χ4v) is 3.87. The summed E-state index contributed by atoms with van der Waals surface area (Å²) in [7, 11) is 3.10. The van der Waals surface area contributed by atoms with Gasteiger partial charge in [-0.3, -0.25) is 13.9 Å². The highest BCUT2D eigenvalue weighted by atomic mass is 16.5. The average molecular weight is 417 g/mol. The third-order valence-corrected chi connectivity index (χ3v) is 5.39. The Hall–Kier alpha value is -3.87. The summed E-state index contributed by atoms with van der Waals surface area (Å²) in [5.74, 6) is -0.451. The van der Waals surface area contributed by atoms with Crippen LogP contribution in [0.2, 0.25) is 0 Å². The molecule has 2 aromatic carbocycles. The van der Waals surface area contributed by atoms with E-state index in [0.717, 1.165) is 15.7 Å². The number of rotatable bonds is 4. The minimum atomic E-state index is -0.451. The molecule has 0 unspecified atom stereocenters. The number of para-hydroxylation sites is 1. The Labute approximate surface area is 178 Å². The predicted molar refractivity (Wildman–Crippen MR) is 120 cm³/mol. The summed E-state index contributed by atoms with van der Waals surface area (Å²) in [6, 6.07) is 14.8. The normalized spacial score (nSPS) is 11.1. The maximum atomic E-state index is 13.2. The number of hydrogen-bond acceptors (Lipinski definition) is 4. The van der Waals surface area contributed by atoms with Gasteiger partial charge in [0.25, 0.3) is 5.56 Å². The molecule has 7 heteroatoms. The minimum Gasteiger partial charge on any atom is -0.462 e. The lowest BCUT2D eigenvalue weighted by atomic mass is 10.1. The minimum absolute atomic E-state index is 0.251. The molecule has 0 aliphatic carbocycles. The number of carbonyl (C=O) groups excluding carboxylic acids is 1. The summed E-state index contributed by atoms with van der Waals surface area (Å²) in [5, 5.41) is 0.411. The van der Waals surface area contributed by atoms with Gasteiger partial charge in [-0.05, 0) is 37.6 Å². The van der Waals surface area contributed by atoms with Crippen LogP contribution in [0.1, 0.15) is 22.8 Å². The molecule has 158 valence electrons. The molecule has 31 heavy (non-hydrogen) atoms. The zero-order chi connectivity index (χ0) is 22.3. The maximum Gasteiger partial charge on any atom is 0.340 e. The van der Waals surface area contributed by atoms with E-state index in [4.69, 9.17) is 4.74 Å². The van der Waals surface area contributed by atoms with E-state index in [-0.39, 0.29) is 12.2 Å². The number of carbonyl (C=O) groups is 1. The quantitative estimate of drug-likeness (QED) is 0.478. The van der Waals surface area contributed by atoms with Crippen LogP contribution in [0.5, 0.6) is 0 Å². The molecule has 0 bridgehead atoms. The molecule has 0 atom stereocenters. The van der Waals surface area contributed by atoms with Gasteiger partial charge in [0, 0.05) is 20.3 Å². The van der Waals surface area contributed by atoms with Gasteiger partial charge in [-0.2, -0.15) is 0 Å². The summed E-state index contributed by atoms with van der Waals surface area (Å²) in [6.07, 6.45) is 1.73. The molecule has 0 fully saturated rings. The van der Waals surface area contributed by atoms with E-state index in [9.17, 15) is 14.4 Å². The summed E-state index contributed by atoms with van der Waals surface area (Å²) in [5.41, 5.74) is 3.09. The smallest absolute Gasteiger partial charge is 0.340 e. The number of aromatic nitrogens is 3. The van der Waals surface area contributed by atoms with E-state index in [2.05, 4.69) is 0 Å². The highest BCUT2D eigenvalue weighted by Crippen LogP contribution is 2.32. The Morgan fingerprint density at radius 2 is 1.74 bits per heavy atom. The molecule has 4 aromatic rings. The number of aryl methyl sites for hydroxylation is 2. The second kappa shape index (κ2) is 7.75. The third kappa shape index (κ3) is 3.28. The van der Waals surface area contributed by atoms with Crippen molar-refractivity contribution in [3.8, 4) is 16.9 Å². The summed E-state index contributed by atoms with van der Waals surface area (Å²) in [4.78, 5) is 38.4. The molecule has 0 amide bonds. The van der Waals surface area contributed by atoms with Gasteiger partial charge in [0.05, 0.1) is 34.5 Å². The number of benzene rings is 2. The van der Waals surface area contributed by atoms with E-state index in [0.29, 0.717) is 27.8 Å². The van der Waals surface area contributed by atoms with Crippen LogP contribution in [-0.4, -0.2) is 26.3 Å². The highest BCUT2D eigenvalue weighted by Gasteiger charge is 2.23. The van der Waals surface area contributed by atoms with E-state index < -0.39 is 11.7 Å². The van der Waals surface area contributed by atoms with Crippen LogP contribution in [0.15, 0.2) is 64.3 Å². The van der Waals surface area contributed by atoms with Crippen molar-refractivity contribution in [1.29, 1.82) is 0 Å². The van der Waals surface area contributed by atoms with E-state index in [1.807, 2.05) is 37.3 Å². The molecule has 0 saturated carbocycles. The van der Waals surface area contributed by atoms with Crippen LogP contribution in [0, 0.1) is 6.92 Å². The zero-order valence-electron chi connectivity index (χ0n) is 17.9. The zero-order valence-corrected chi connectivity index (χ0v) is 17.9. The predicted octanol–water partition coefficient (Wildman–Crippen LogP) is 3.18. The Balaban J connectivity index is 2.18. The first-order valence-electron chi connectivity index (χ1n) is 9.99. The van der Waals surface area contributed by atoms with Gasteiger partial charge in [-0.1, -0.05) is 35.9 Å². The summed E-state index contributed by atoms with van der Waals surface area (Å²) in [6.45, 7) is 3.97. The largest absolute Gasteiger partial charge is 0.462 e. The van der Waals surface area contributed by atoms with Crippen molar-refractivity contribution < 1.29 is 9.53 Å². The van der Waals surface area contributed by atoms with Crippen molar-refractivity contribution in [3.05, 3.63) is 86.7 Å². The molecule has 0 N–H and O–H groups in total. The Bertz CT molecular complexity index is 1440. The Kier molecular flexibility index (Phi) is 5.10. The number of nitrogens with zero attached hydrogens (tertiary/aromatic N) is 3. The van der Waals surface area contributed by atoms with Crippen LogP contribution >= 0.6 is 0 Å². The van der Waals surface area contributed by atoms with Gasteiger partial charge < -0.3 is 9.30 Å². The van der Waals surface area contributed by atoms with Crippen LogP contribution in [0.25, 0.3) is 27.8 Å². The molecule has 0 aliphatic heterocycles. The van der Waals surface area contributed by atoms with E-state index in [1.54, 1.807) is 42.9 Å². The van der Waals surface area contributed by atoms with E-state index >= 15 is 0 Å². The van der Waals surface area contributed by atoms with Crippen molar-refractivity contribution in [2.24, 2.45) is 14.1 Å². The fraction of sp³-hybridized carbons (Fsp3) is 0.208.